The van der Waals surface area contributed by atoms with E-state index in [0.717, 1.165) is 37.7 Å². The molecule has 144 valence electrons. The number of methoxy groups -OCH3 is 1. The highest BCUT2D eigenvalue weighted by atomic mass is 19.1. The largest absolute Gasteiger partial charge is 0.497 e. The Hall–Kier alpha value is -2.14. The van der Waals surface area contributed by atoms with Gasteiger partial charge in [-0.15, -0.1) is 0 Å². The van der Waals surface area contributed by atoms with E-state index in [2.05, 4.69) is 33.0 Å². The van der Waals surface area contributed by atoms with Gasteiger partial charge < -0.3 is 9.64 Å². The van der Waals surface area contributed by atoms with Crippen LogP contribution in [0.2, 0.25) is 0 Å². The van der Waals surface area contributed by atoms with Gasteiger partial charge in [-0.2, -0.15) is 4.39 Å². The van der Waals surface area contributed by atoms with E-state index in [-0.39, 0.29) is 0 Å². The molecule has 1 saturated heterocycles. The molecule has 1 aromatic heterocycles. The molecule has 1 aromatic carbocycles. The first kappa shape index (κ1) is 18.2. The first-order chi connectivity index (χ1) is 13.2. The highest BCUT2D eigenvalue weighted by molar-refractivity contribution is 5.38. The minimum absolute atomic E-state index is 0.397. The monoisotopic (exact) mass is 369 g/mol. The highest BCUT2D eigenvalue weighted by Crippen LogP contribution is 2.36. The van der Waals surface area contributed by atoms with Gasteiger partial charge in [-0.25, -0.2) is 4.98 Å². The van der Waals surface area contributed by atoms with Gasteiger partial charge in [0.2, 0.25) is 5.95 Å². The topological polar surface area (TPSA) is 28.6 Å². The summed E-state index contributed by atoms with van der Waals surface area (Å²) < 4.78 is 18.7. The number of ether oxygens (including phenoxy) is 1. The van der Waals surface area contributed by atoms with Crippen LogP contribution in [-0.4, -0.2) is 49.2 Å². The molecule has 27 heavy (non-hydrogen) atoms. The van der Waals surface area contributed by atoms with E-state index in [1.807, 2.05) is 12.1 Å². The molecule has 0 amide bonds. The van der Waals surface area contributed by atoms with Crippen molar-refractivity contribution in [1.82, 2.24) is 9.88 Å². The Kier molecular flexibility index (Phi) is 5.58. The quantitative estimate of drug-likeness (QED) is 0.760. The third-order valence-electron chi connectivity index (χ3n) is 6.12. The van der Waals surface area contributed by atoms with Crippen molar-refractivity contribution in [2.24, 2.45) is 0 Å². The maximum absolute atomic E-state index is 13.4. The number of pyridine rings is 1. The van der Waals surface area contributed by atoms with E-state index in [1.54, 1.807) is 13.2 Å². The molecule has 2 aromatic rings. The SMILES string of the molecule is COc1cccc(C2CCC(N3CCN(c4cccc(F)n4)CC3)CC2)c1. The molecule has 0 N–H and O–H groups in total. The van der Waals surface area contributed by atoms with Crippen molar-refractivity contribution in [3.8, 4) is 5.75 Å². The van der Waals surface area contributed by atoms with Crippen LogP contribution < -0.4 is 9.64 Å². The molecule has 5 heteroatoms. The molecule has 4 rings (SSSR count). The van der Waals surface area contributed by atoms with Crippen molar-refractivity contribution in [2.45, 2.75) is 37.6 Å². The van der Waals surface area contributed by atoms with Crippen molar-refractivity contribution < 1.29 is 9.13 Å². The Labute approximate surface area is 161 Å². The van der Waals surface area contributed by atoms with Gasteiger partial charge in [0.25, 0.3) is 0 Å². The lowest BCUT2D eigenvalue weighted by atomic mass is 9.81. The molecular formula is C22H28FN3O. The van der Waals surface area contributed by atoms with Gasteiger partial charge in [-0.3, -0.25) is 4.90 Å². The Morgan fingerprint density at radius 3 is 2.41 bits per heavy atom. The van der Waals surface area contributed by atoms with Crippen LogP contribution in [0.1, 0.15) is 37.2 Å². The Bertz CT molecular complexity index is 753. The molecule has 0 unspecified atom stereocenters. The third kappa shape index (κ3) is 4.24. The summed E-state index contributed by atoms with van der Waals surface area (Å²) in [6.45, 7) is 3.91. The number of piperazine rings is 1. The summed E-state index contributed by atoms with van der Waals surface area (Å²) >= 11 is 0. The summed E-state index contributed by atoms with van der Waals surface area (Å²) in [6, 6.07) is 14.3. The number of aromatic nitrogens is 1. The lowest BCUT2D eigenvalue weighted by molar-refractivity contribution is 0.141. The summed E-state index contributed by atoms with van der Waals surface area (Å²) in [5.41, 5.74) is 1.41. The Morgan fingerprint density at radius 1 is 0.963 bits per heavy atom. The van der Waals surface area contributed by atoms with Crippen molar-refractivity contribution in [3.05, 3.63) is 54.0 Å². The maximum atomic E-state index is 13.4. The lowest BCUT2D eigenvalue weighted by Crippen LogP contribution is -2.51. The minimum atomic E-state index is -0.397. The van der Waals surface area contributed by atoms with Gasteiger partial charge in [-0.05, 0) is 61.4 Å². The normalized spacial score (nSPS) is 24.0. The van der Waals surface area contributed by atoms with Gasteiger partial charge >= 0.3 is 0 Å². The predicted molar refractivity (Wildman–Crippen MR) is 106 cm³/mol. The second kappa shape index (κ2) is 8.26. The van der Waals surface area contributed by atoms with Crippen LogP contribution in [0.15, 0.2) is 42.5 Å². The fourth-order valence-corrected chi connectivity index (χ4v) is 4.56. The second-order valence-electron chi connectivity index (χ2n) is 7.62. The summed E-state index contributed by atoms with van der Waals surface area (Å²) in [7, 11) is 1.73. The lowest BCUT2D eigenvalue weighted by Gasteiger charge is -2.42. The van der Waals surface area contributed by atoms with Crippen molar-refractivity contribution in [1.29, 1.82) is 0 Å². The van der Waals surface area contributed by atoms with Gasteiger partial charge in [0.05, 0.1) is 7.11 Å². The fourth-order valence-electron chi connectivity index (χ4n) is 4.56. The van der Waals surface area contributed by atoms with Crippen molar-refractivity contribution in [2.75, 3.05) is 38.2 Å². The number of anilines is 1. The Morgan fingerprint density at radius 2 is 1.70 bits per heavy atom. The third-order valence-corrected chi connectivity index (χ3v) is 6.12. The first-order valence-electron chi connectivity index (χ1n) is 9.98. The molecule has 0 atom stereocenters. The fraction of sp³-hybridized carbons (Fsp3) is 0.500. The van der Waals surface area contributed by atoms with Crippen LogP contribution in [0.3, 0.4) is 0 Å². The molecule has 1 aliphatic heterocycles. The summed E-state index contributed by atoms with van der Waals surface area (Å²) in [6.07, 6.45) is 4.98. The van der Waals surface area contributed by atoms with Crippen LogP contribution in [0.5, 0.6) is 5.75 Å². The smallest absolute Gasteiger partial charge is 0.214 e. The van der Waals surface area contributed by atoms with E-state index in [9.17, 15) is 4.39 Å². The van der Waals surface area contributed by atoms with Crippen molar-refractivity contribution >= 4 is 5.82 Å². The van der Waals surface area contributed by atoms with Crippen LogP contribution in [0.4, 0.5) is 10.2 Å². The zero-order chi connectivity index (χ0) is 18.6. The first-order valence-corrected chi connectivity index (χ1v) is 9.98. The maximum Gasteiger partial charge on any atom is 0.214 e. The number of nitrogens with zero attached hydrogens (tertiary/aromatic N) is 3. The molecule has 2 aliphatic rings. The number of halogens is 1. The van der Waals surface area contributed by atoms with Gasteiger partial charge in [0.15, 0.2) is 0 Å². The van der Waals surface area contributed by atoms with Crippen molar-refractivity contribution in [3.63, 3.8) is 0 Å². The summed E-state index contributed by atoms with van der Waals surface area (Å²) in [5, 5.41) is 0. The van der Waals surface area contributed by atoms with Crippen LogP contribution in [0.25, 0.3) is 0 Å². The Balaban J connectivity index is 1.29. The van der Waals surface area contributed by atoms with E-state index in [4.69, 9.17) is 4.74 Å². The number of hydrogen-bond acceptors (Lipinski definition) is 4. The number of benzene rings is 1. The van der Waals surface area contributed by atoms with E-state index in [0.29, 0.717) is 12.0 Å². The minimum Gasteiger partial charge on any atom is -0.497 e. The van der Waals surface area contributed by atoms with Gasteiger partial charge in [0, 0.05) is 32.2 Å². The molecule has 0 spiro atoms. The van der Waals surface area contributed by atoms with E-state index >= 15 is 0 Å². The molecule has 2 fully saturated rings. The molecular weight excluding hydrogens is 341 g/mol. The predicted octanol–water partition coefficient (Wildman–Crippen LogP) is 4.08. The summed E-state index contributed by atoms with van der Waals surface area (Å²) in [5.74, 6) is 1.97. The average molecular weight is 369 g/mol. The molecule has 1 aliphatic carbocycles. The molecule has 2 heterocycles. The van der Waals surface area contributed by atoms with Gasteiger partial charge in [0.1, 0.15) is 11.6 Å². The van der Waals surface area contributed by atoms with E-state index < -0.39 is 5.95 Å². The molecule has 0 bridgehead atoms. The number of hydrogen-bond donors (Lipinski definition) is 0. The standard InChI is InChI=1S/C22H28FN3O/c1-27-20-5-2-4-18(16-20)17-8-10-19(11-9-17)25-12-14-26(15-13-25)22-7-3-6-21(23)24-22/h2-7,16-17,19H,8-15H2,1H3. The second-order valence-corrected chi connectivity index (χ2v) is 7.62. The van der Waals surface area contributed by atoms with Crippen LogP contribution >= 0.6 is 0 Å². The summed E-state index contributed by atoms with van der Waals surface area (Å²) in [4.78, 5) is 8.84. The van der Waals surface area contributed by atoms with Crippen LogP contribution in [-0.2, 0) is 0 Å². The zero-order valence-corrected chi connectivity index (χ0v) is 16.0. The molecule has 4 nitrogen and oxygen atoms in total. The van der Waals surface area contributed by atoms with E-state index in [1.165, 1.54) is 37.3 Å². The average Bonchev–Trinajstić information content (AvgIpc) is 2.74. The highest BCUT2D eigenvalue weighted by Gasteiger charge is 2.29. The molecule has 1 saturated carbocycles. The zero-order valence-electron chi connectivity index (χ0n) is 16.0. The van der Waals surface area contributed by atoms with Crippen LogP contribution in [0, 0.1) is 5.95 Å². The number of rotatable bonds is 4. The molecule has 0 radical (unpaired) electrons. The van der Waals surface area contributed by atoms with Gasteiger partial charge in [-0.1, -0.05) is 18.2 Å².